The summed E-state index contributed by atoms with van der Waals surface area (Å²) < 4.78 is 0.446. The Morgan fingerprint density at radius 3 is 1.39 bits per heavy atom. The van der Waals surface area contributed by atoms with Crippen LogP contribution in [0.1, 0.15) is 62.5 Å². The second-order valence-corrected chi connectivity index (χ2v) is 40.9. The summed E-state index contributed by atoms with van der Waals surface area (Å²) in [5.41, 5.74) is 11.8. The van der Waals surface area contributed by atoms with Gasteiger partial charge >= 0.3 is 228 Å². The molecule has 0 saturated carbocycles. The fraction of sp³-hybridized carbons (Fsp3) is 0.375. The number of halogens is 2. The van der Waals surface area contributed by atoms with Gasteiger partial charge in [0.25, 0.3) is 0 Å². The van der Waals surface area contributed by atoms with E-state index in [2.05, 4.69) is 85.9 Å². The van der Waals surface area contributed by atoms with E-state index in [1.807, 2.05) is 0 Å². The zero-order valence-electron chi connectivity index (χ0n) is 21.6. The summed E-state index contributed by atoms with van der Waals surface area (Å²) in [5, 5.41) is 0. The van der Waals surface area contributed by atoms with Crippen molar-refractivity contribution >= 4 is 36.4 Å². The van der Waals surface area contributed by atoms with Gasteiger partial charge in [-0.05, 0) is 0 Å². The topological polar surface area (TPSA) is 0 Å². The van der Waals surface area contributed by atoms with Crippen molar-refractivity contribution in [2.24, 2.45) is 0 Å². The Labute approximate surface area is 226 Å². The second kappa shape index (κ2) is 9.58. The molecule has 0 amide bonds. The SMILES string of the molecule is C[SiH](C)[Ti]([Cl])([Cl])([CH]1C(c2ccccc2)=CC2=C1CCCC2)[CH]1C(c2ccccc2)=CC2=C1CCCC2. The van der Waals surface area contributed by atoms with Crippen LogP contribution >= 0.6 is 18.6 Å². The van der Waals surface area contributed by atoms with E-state index in [9.17, 15) is 0 Å². The molecule has 0 N–H and O–H groups in total. The van der Waals surface area contributed by atoms with Gasteiger partial charge in [0.15, 0.2) is 0 Å². The molecule has 4 aliphatic rings. The molecule has 0 bridgehead atoms. The fourth-order valence-electron chi connectivity index (χ4n) is 7.67. The zero-order valence-corrected chi connectivity index (χ0v) is 25.8. The van der Waals surface area contributed by atoms with Gasteiger partial charge in [0.1, 0.15) is 0 Å². The molecule has 2 unspecified atom stereocenters. The van der Waals surface area contributed by atoms with E-state index in [1.165, 1.54) is 60.8 Å². The Morgan fingerprint density at radius 1 is 0.611 bits per heavy atom. The van der Waals surface area contributed by atoms with Crippen molar-refractivity contribution in [3.05, 3.63) is 106 Å². The summed E-state index contributed by atoms with van der Waals surface area (Å²) in [6, 6.07) is 22.1. The van der Waals surface area contributed by atoms with Crippen LogP contribution < -0.4 is 0 Å². The molecule has 4 heteroatoms. The maximum absolute atomic E-state index is 8.54. The van der Waals surface area contributed by atoms with E-state index < -0.39 is 19.1 Å². The van der Waals surface area contributed by atoms with E-state index in [4.69, 9.17) is 18.6 Å². The first-order valence-electron chi connectivity index (χ1n) is 13.9. The number of benzene rings is 2. The zero-order chi connectivity index (χ0) is 24.9. The third-order valence-electron chi connectivity index (χ3n) is 9.51. The molecule has 0 aliphatic heterocycles. The molecule has 6 rings (SSSR count). The number of allylic oxidation sites excluding steroid dienone is 8. The van der Waals surface area contributed by atoms with Gasteiger partial charge in [-0.15, -0.1) is 0 Å². The monoisotopic (exact) mass is 567 g/mol. The molecule has 0 nitrogen and oxygen atoms in total. The third kappa shape index (κ3) is 3.88. The molecular formula is C32H37Cl2SiTi. The minimum absolute atomic E-state index is 0.223. The van der Waals surface area contributed by atoms with E-state index in [-0.39, 0.29) is 8.45 Å². The van der Waals surface area contributed by atoms with Gasteiger partial charge in [0.05, 0.1) is 0 Å². The van der Waals surface area contributed by atoms with Crippen LogP contribution in [0.3, 0.4) is 0 Å². The normalized spacial score (nSPS) is 25.3. The van der Waals surface area contributed by atoms with Crippen molar-refractivity contribution in [1.29, 1.82) is 0 Å². The van der Waals surface area contributed by atoms with Gasteiger partial charge in [-0.25, -0.2) is 0 Å². The van der Waals surface area contributed by atoms with Crippen LogP contribution in [0.5, 0.6) is 0 Å². The van der Waals surface area contributed by atoms with Crippen molar-refractivity contribution in [2.75, 3.05) is 0 Å². The first-order valence-corrected chi connectivity index (χ1v) is 25.6. The average molecular weight is 569 g/mol. The molecule has 0 radical (unpaired) electrons. The summed E-state index contributed by atoms with van der Waals surface area (Å²) in [4.78, 5) is 0. The maximum atomic E-state index is 8.54. The molecule has 2 atom stereocenters. The molecule has 36 heavy (non-hydrogen) atoms. The average Bonchev–Trinajstić information content (AvgIpc) is 3.50. The second-order valence-electron chi connectivity index (χ2n) is 11.7. The van der Waals surface area contributed by atoms with Crippen molar-refractivity contribution in [2.45, 2.75) is 72.9 Å². The van der Waals surface area contributed by atoms with Crippen molar-refractivity contribution in [3.63, 3.8) is 0 Å². The summed E-state index contributed by atoms with van der Waals surface area (Å²) in [7, 11) is 17.1. The molecule has 187 valence electrons. The number of hydrogen-bond donors (Lipinski definition) is 0. The Balaban J connectivity index is 1.60. The molecule has 2 aromatic carbocycles. The summed E-state index contributed by atoms with van der Waals surface area (Å²) in [6.07, 6.45) is 14.8. The van der Waals surface area contributed by atoms with Crippen molar-refractivity contribution < 1.29 is 12.4 Å². The molecule has 2 aromatic rings. The third-order valence-corrected chi connectivity index (χ3v) is 44.7. The quantitative estimate of drug-likeness (QED) is 0.315. The van der Waals surface area contributed by atoms with Crippen LogP contribution in [-0.2, 0) is 12.4 Å². The molecule has 0 aromatic heterocycles. The van der Waals surface area contributed by atoms with Gasteiger partial charge in [0.2, 0.25) is 0 Å². The minimum atomic E-state index is -4.33. The molecule has 0 spiro atoms. The van der Waals surface area contributed by atoms with Crippen LogP contribution in [-0.4, -0.2) is 6.66 Å². The Bertz CT molecular complexity index is 1200. The van der Waals surface area contributed by atoms with Crippen LogP contribution in [0, 0.1) is 0 Å². The number of rotatable bonds is 5. The fourth-order valence-corrected chi connectivity index (χ4v) is 28.8. The van der Waals surface area contributed by atoms with E-state index >= 15 is 0 Å². The van der Waals surface area contributed by atoms with Gasteiger partial charge in [0, 0.05) is 0 Å². The predicted molar refractivity (Wildman–Crippen MR) is 158 cm³/mol. The molecule has 4 aliphatic carbocycles. The van der Waals surface area contributed by atoms with Gasteiger partial charge in [-0.1, -0.05) is 0 Å². The van der Waals surface area contributed by atoms with Crippen LogP contribution in [0.25, 0.3) is 11.1 Å². The first-order chi connectivity index (χ1) is 17.4. The van der Waals surface area contributed by atoms with E-state index in [0.29, 0.717) is 0 Å². The Morgan fingerprint density at radius 2 is 1.00 bits per heavy atom. The van der Waals surface area contributed by atoms with Crippen molar-refractivity contribution in [3.8, 4) is 0 Å². The number of hydrogen-bond acceptors (Lipinski definition) is 0. The van der Waals surface area contributed by atoms with E-state index in [0.717, 1.165) is 12.8 Å². The molecule has 0 heterocycles. The van der Waals surface area contributed by atoms with Crippen LogP contribution in [0.2, 0.25) is 21.5 Å². The summed E-state index contributed by atoms with van der Waals surface area (Å²) >= 11 is -4.33. The standard InChI is InChI=1S/2C15H15.C2H7Si.2ClH.Ti/c2*1-2-6-12(7-3-1)15-10-13-8-4-5-9-14(13)11-15;1-3-2;;;/h2*1-3,6-7,10-11H,4-5,8-9H2;3H,1-2H3;2*1H;/q;;;;;+2/p-2. The Hall–Kier alpha value is -1.09. The summed E-state index contributed by atoms with van der Waals surface area (Å²) in [5.74, 6) is 0. The molecular weight excluding hydrogens is 531 g/mol. The van der Waals surface area contributed by atoms with E-state index in [1.54, 1.807) is 22.3 Å². The predicted octanol–water partition coefficient (Wildman–Crippen LogP) is 10.5. The summed E-state index contributed by atoms with van der Waals surface area (Å²) in [6.45, 7) is 3.45. The molecule has 0 fully saturated rings. The Kier molecular flexibility index (Phi) is 6.71. The first kappa shape index (κ1) is 25.2. The van der Waals surface area contributed by atoms with Crippen LogP contribution in [0.4, 0.5) is 0 Å². The van der Waals surface area contributed by atoms with Gasteiger partial charge < -0.3 is 0 Å². The molecule has 0 saturated heterocycles. The van der Waals surface area contributed by atoms with Gasteiger partial charge in [-0.3, -0.25) is 0 Å². The van der Waals surface area contributed by atoms with Crippen LogP contribution in [0.15, 0.2) is 95.1 Å². The van der Waals surface area contributed by atoms with Crippen molar-refractivity contribution in [1.82, 2.24) is 0 Å². The van der Waals surface area contributed by atoms with Gasteiger partial charge in [-0.2, -0.15) is 0 Å².